The number of nitrogens with zero attached hydrogens (tertiary/aromatic N) is 1. The van der Waals surface area contributed by atoms with E-state index in [4.69, 9.17) is 4.74 Å². The molecule has 3 rings (SSSR count). The maximum atomic E-state index is 12.7. The lowest BCUT2D eigenvalue weighted by Crippen LogP contribution is -2.39. The van der Waals surface area contributed by atoms with Crippen molar-refractivity contribution in [3.05, 3.63) is 53.6 Å². The molecule has 9 heteroatoms. The molecule has 0 fully saturated rings. The molecule has 0 aromatic heterocycles. The summed E-state index contributed by atoms with van der Waals surface area (Å²) in [6.45, 7) is 7.05. The number of rotatable bonds is 3. The lowest BCUT2D eigenvalue weighted by atomic mass is 10.1. The number of aryl methyl sites for hydroxylation is 1. The highest BCUT2D eigenvalue weighted by molar-refractivity contribution is 7.92. The van der Waals surface area contributed by atoms with Crippen molar-refractivity contribution in [2.24, 2.45) is 0 Å². The summed E-state index contributed by atoms with van der Waals surface area (Å²) in [6.07, 6.45) is -0.615. The van der Waals surface area contributed by atoms with Crippen molar-refractivity contribution >= 4 is 33.4 Å². The average Bonchev–Trinajstić information content (AvgIpc) is 2.78. The molecule has 1 aliphatic rings. The Hall–Kier alpha value is -3.07. The number of amides is 2. The van der Waals surface area contributed by atoms with Crippen molar-refractivity contribution in [1.82, 2.24) is 4.90 Å². The molecule has 2 aromatic carbocycles. The van der Waals surface area contributed by atoms with Crippen LogP contribution < -0.4 is 10.0 Å². The molecule has 0 saturated carbocycles. The molecule has 0 radical (unpaired) electrons. The molecule has 2 N–H and O–H groups in total. The van der Waals surface area contributed by atoms with E-state index in [2.05, 4.69) is 10.0 Å². The largest absolute Gasteiger partial charge is 0.444 e. The molecule has 8 nitrogen and oxygen atoms in total. The van der Waals surface area contributed by atoms with Crippen LogP contribution in [0.1, 0.15) is 31.9 Å². The van der Waals surface area contributed by atoms with Crippen molar-refractivity contribution in [1.29, 1.82) is 0 Å². The van der Waals surface area contributed by atoms with E-state index in [9.17, 15) is 18.0 Å². The van der Waals surface area contributed by atoms with Crippen LogP contribution in [-0.4, -0.2) is 37.5 Å². The van der Waals surface area contributed by atoms with Crippen molar-refractivity contribution in [2.45, 2.75) is 44.7 Å². The third-order valence-corrected chi connectivity index (χ3v) is 5.71. The highest BCUT2D eigenvalue weighted by Gasteiger charge is 2.28. The Kier molecular flexibility index (Phi) is 5.76. The minimum atomic E-state index is -3.77. The number of sulfonamides is 1. The fourth-order valence-corrected chi connectivity index (χ4v) is 3.97. The first-order valence-corrected chi connectivity index (χ1v) is 10.9. The Bertz CT molecular complexity index is 1070. The highest BCUT2D eigenvalue weighted by atomic mass is 32.2. The Labute approximate surface area is 176 Å². The minimum absolute atomic E-state index is 0.100. The third kappa shape index (κ3) is 5.29. The van der Waals surface area contributed by atoms with Crippen LogP contribution >= 0.6 is 0 Å². The zero-order valence-corrected chi connectivity index (χ0v) is 18.2. The van der Waals surface area contributed by atoms with Crippen LogP contribution in [0.4, 0.5) is 16.2 Å². The van der Waals surface area contributed by atoms with Gasteiger partial charge in [0.25, 0.3) is 10.0 Å². The first-order valence-electron chi connectivity index (χ1n) is 9.43. The van der Waals surface area contributed by atoms with E-state index in [0.717, 1.165) is 5.56 Å². The Morgan fingerprint density at radius 3 is 2.40 bits per heavy atom. The zero-order chi connectivity index (χ0) is 22.1. The summed E-state index contributed by atoms with van der Waals surface area (Å²) in [4.78, 5) is 26.1. The van der Waals surface area contributed by atoms with Gasteiger partial charge in [-0.1, -0.05) is 17.7 Å². The number of fused-ring (bicyclic) bond motifs is 1. The van der Waals surface area contributed by atoms with Gasteiger partial charge in [0.05, 0.1) is 11.4 Å². The van der Waals surface area contributed by atoms with E-state index in [0.29, 0.717) is 16.9 Å². The molecule has 1 aliphatic heterocycles. The summed E-state index contributed by atoms with van der Waals surface area (Å²) in [5, 5.41) is 2.73. The summed E-state index contributed by atoms with van der Waals surface area (Å²) >= 11 is 0. The Morgan fingerprint density at radius 1 is 1.10 bits per heavy atom. The standard InChI is InChI=1S/C21H25N3O5S/c1-14-5-8-17(9-6-14)30(27,28)23-16-7-10-18-15(11-16)12-24(13-19(25)22-18)20(26)29-21(2,3)4/h5-11,23H,12-13H2,1-4H3,(H,22,25). The van der Waals surface area contributed by atoms with Gasteiger partial charge in [0.2, 0.25) is 5.91 Å². The number of carbonyl (C=O) groups is 2. The van der Waals surface area contributed by atoms with Crippen LogP contribution in [0.3, 0.4) is 0 Å². The predicted octanol–water partition coefficient (Wildman–Crippen LogP) is 3.49. The average molecular weight is 432 g/mol. The van der Waals surface area contributed by atoms with E-state index >= 15 is 0 Å². The van der Waals surface area contributed by atoms with Crippen LogP contribution in [0.25, 0.3) is 0 Å². The normalized spacial score (nSPS) is 14.4. The topological polar surface area (TPSA) is 105 Å². The lowest BCUT2D eigenvalue weighted by Gasteiger charge is -2.26. The fraction of sp³-hybridized carbons (Fsp3) is 0.333. The molecule has 0 unspecified atom stereocenters. The van der Waals surface area contributed by atoms with Gasteiger partial charge in [0, 0.05) is 11.4 Å². The van der Waals surface area contributed by atoms with Gasteiger partial charge in [-0.05, 0) is 63.6 Å². The number of hydrogen-bond acceptors (Lipinski definition) is 5. The molecule has 0 atom stereocenters. The Balaban J connectivity index is 1.86. The second kappa shape index (κ2) is 7.98. The summed E-state index contributed by atoms with van der Waals surface area (Å²) in [5.74, 6) is -0.354. The summed E-state index contributed by atoms with van der Waals surface area (Å²) in [7, 11) is -3.77. The molecule has 30 heavy (non-hydrogen) atoms. The van der Waals surface area contributed by atoms with Crippen molar-refractivity contribution in [3.8, 4) is 0 Å². The van der Waals surface area contributed by atoms with Crippen molar-refractivity contribution in [2.75, 3.05) is 16.6 Å². The van der Waals surface area contributed by atoms with E-state index < -0.39 is 21.7 Å². The van der Waals surface area contributed by atoms with Gasteiger partial charge >= 0.3 is 6.09 Å². The zero-order valence-electron chi connectivity index (χ0n) is 17.4. The molecule has 2 aromatic rings. The summed E-state index contributed by atoms with van der Waals surface area (Å²) in [6, 6.07) is 11.3. The number of ether oxygens (including phenoxy) is 1. The fourth-order valence-electron chi connectivity index (χ4n) is 2.92. The smallest absolute Gasteiger partial charge is 0.411 e. The third-order valence-electron chi connectivity index (χ3n) is 4.31. The molecule has 0 aliphatic carbocycles. The maximum Gasteiger partial charge on any atom is 0.411 e. The van der Waals surface area contributed by atoms with Crippen LogP contribution in [-0.2, 0) is 26.1 Å². The van der Waals surface area contributed by atoms with E-state index in [-0.39, 0.29) is 23.9 Å². The van der Waals surface area contributed by atoms with Gasteiger partial charge in [-0.3, -0.25) is 14.4 Å². The first-order chi connectivity index (χ1) is 13.9. The van der Waals surface area contributed by atoms with Crippen LogP contribution in [0.5, 0.6) is 0 Å². The van der Waals surface area contributed by atoms with Crippen molar-refractivity contribution in [3.63, 3.8) is 0 Å². The molecule has 0 bridgehead atoms. The molecule has 0 saturated heterocycles. The van der Waals surface area contributed by atoms with Gasteiger partial charge in [-0.15, -0.1) is 0 Å². The predicted molar refractivity (Wildman–Crippen MR) is 114 cm³/mol. The van der Waals surface area contributed by atoms with Gasteiger partial charge in [0.1, 0.15) is 12.1 Å². The minimum Gasteiger partial charge on any atom is -0.444 e. The number of carbonyl (C=O) groups excluding carboxylic acids is 2. The van der Waals surface area contributed by atoms with E-state index in [1.54, 1.807) is 51.1 Å². The molecule has 0 spiro atoms. The molecule has 2 amide bonds. The summed E-state index contributed by atoms with van der Waals surface area (Å²) in [5.41, 5.74) is 1.69. The monoisotopic (exact) mass is 431 g/mol. The van der Waals surface area contributed by atoms with Crippen LogP contribution in [0.15, 0.2) is 47.4 Å². The van der Waals surface area contributed by atoms with E-state index in [1.807, 2.05) is 6.92 Å². The van der Waals surface area contributed by atoms with Crippen LogP contribution in [0, 0.1) is 6.92 Å². The lowest BCUT2D eigenvalue weighted by molar-refractivity contribution is -0.117. The molecule has 1 heterocycles. The van der Waals surface area contributed by atoms with Gasteiger partial charge < -0.3 is 10.1 Å². The van der Waals surface area contributed by atoms with Crippen molar-refractivity contribution < 1.29 is 22.7 Å². The highest BCUT2D eigenvalue weighted by Crippen LogP contribution is 2.27. The number of benzene rings is 2. The van der Waals surface area contributed by atoms with Gasteiger partial charge in [-0.25, -0.2) is 13.2 Å². The molecular formula is C21H25N3O5S. The SMILES string of the molecule is Cc1ccc(S(=O)(=O)Nc2ccc3c(c2)CN(C(=O)OC(C)(C)C)CC(=O)N3)cc1. The maximum absolute atomic E-state index is 12.7. The second-order valence-electron chi connectivity index (χ2n) is 8.18. The van der Waals surface area contributed by atoms with Gasteiger partial charge in [0.15, 0.2) is 0 Å². The molecule has 160 valence electrons. The second-order valence-corrected chi connectivity index (χ2v) is 9.86. The number of anilines is 2. The number of nitrogens with one attached hydrogen (secondary N) is 2. The number of hydrogen-bond donors (Lipinski definition) is 2. The van der Waals surface area contributed by atoms with Gasteiger partial charge in [-0.2, -0.15) is 0 Å². The quantitative estimate of drug-likeness (QED) is 0.774. The molecular weight excluding hydrogens is 406 g/mol. The Morgan fingerprint density at radius 2 is 1.77 bits per heavy atom. The first kappa shape index (κ1) is 21.6. The van der Waals surface area contributed by atoms with Crippen LogP contribution in [0.2, 0.25) is 0 Å². The summed E-state index contributed by atoms with van der Waals surface area (Å²) < 4.78 is 33.2. The van der Waals surface area contributed by atoms with E-state index in [1.165, 1.54) is 17.0 Å².